The number of carboxylic acids is 1. The Morgan fingerprint density at radius 1 is 1.33 bits per heavy atom. The molecule has 0 saturated heterocycles. The van der Waals surface area contributed by atoms with E-state index in [1.807, 2.05) is 31.2 Å². The predicted octanol–water partition coefficient (Wildman–Crippen LogP) is 2.61. The fourth-order valence-electron chi connectivity index (χ4n) is 1.84. The number of carboxylic acid groups (broad SMARTS) is 1. The Morgan fingerprint density at radius 2 is 2.05 bits per heavy atom. The summed E-state index contributed by atoms with van der Waals surface area (Å²) in [4.78, 5) is 25.0. The van der Waals surface area contributed by atoms with Crippen molar-refractivity contribution in [2.75, 3.05) is 5.32 Å². The fraction of sp³-hybridized carbons (Fsp3) is 0.143. The summed E-state index contributed by atoms with van der Waals surface area (Å²) in [5, 5.41) is 22.7. The highest BCUT2D eigenvalue weighted by Gasteiger charge is 2.18. The standard InChI is InChI=1S/C14H13N3O4/c1-9-4-2-3-5-10(9)8-15-13-12(17(20)21)7-6-11(16-13)14(18)19/h2-7H,8H2,1H3,(H,15,16)(H,18,19). The van der Waals surface area contributed by atoms with E-state index in [1.54, 1.807) is 0 Å². The molecule has 2 aromatic rings. The summed E-state index contributed by atoms with van der Waals surface area (Å²) in [6.07, 6.45) is 0. The number of hydrogen-bond acceptors (Lipinski definition) is 5. The van der Waals surface area contributed by atoms with Gasteiger partial charge in [-0.15, -0.1) is 0 Å². The highest BCUT2D eigenvalue weighted by atomic mass is 16.6. The lowest BCUT2D eigenvalue weighted by Gasteiger charge is -2.09. The molecule has 0 aliphatic rings. The molecule has 0 saturated carbocycles. The van der Waals surface area contributed by atoms with Crippen molar-refractivity contribution in [3.8, 4) is 0 Å². The van der Waals surface area contributed by atoms with E-state index < -0.39 is 10.9 Å². The summed E-state index contributed by atoms with van der Waals surface area (Å²) >= 11 is 0. The maximum absolute atomic E-state index is 11.0. The number of nitrogens with zero attached hydrogens (tertiary/aromatic N) is 2. The van der Waals surface area contributed by atoms with E-state index in [2.05, 4.69) is 10.3 Å². The third-order valence-electron chi connectivity index (χ3n) is 3.00. The first-order valence-electron chi connectivity index (χ1n) is 6.16. The molecule has 0 spiro atoms. The lowest BCUT2D eigenvalue weighted by molar-refractivity contribution is -0.384. The highest BCUT2D eigenvalue weighted by Crippen LogP contribution is 2.23. The van der Waals surface area contributed by atoms with Gasteiger partial charge in [-0.2, -0.15) is 0 Å². The van der Waals surface area contributed by atoms with E-state index in [1.165, 1.54) is 0 Å². The van der Waals surface area contributed by atoms with Crippen LogP contribution in [0.4, 0.5) is 11.5 Å². The minimum Gasteiger partial charge on any atom is -0.477 e. The van der Waals surface area contributed by atoms with Crippen LogP contribution in [0.2, 0.25) is 0 Å². The van der Waals surface area contributed by atoms with Crippen LogP contribution in [0, 0.1) is 17.0 Å². The quantitative estimate of drug-likeness (QED) is 0.646. The first-order valence-corrected chi connectivity index (χ1v) is 6.16. The third kappa shape index (κ3) is 3.33. The molecule has 0 atom stereocenters. The summed E-state index contributed by atoms with van der Waals surface area (Å²) in [7, 11) is 0. The Morgan fingerprint density at radius 3 is 2.67 bits per heavy atom. The molecule has 0 radical (unpaired) electrons. The number of nitrogens with one attached hydrogen (secondary N) is 1. The van der Waals surface area contributed by atoms with Crippen LogP contribution in [0.5, 0.6) is 0 Å². The number of rotatable bonds is 5. The first kappa shape index (κ1) is 14.4. The molecular formula is C14H13N3O4. The molecule has 21 heavy (non-hydrogen) atoms. The summed E-state index contributed by atoms with van der Waals surface area (Å²) < 4.78 is 0. The van der Waals surface area contributed by atoms with E-state index in [9.17, 15) is 14.9 Å². The Hall–Kier alpha value is -2.96. The summed E-state index contributed by atoms with van der Waals surface area (Å²) in [6, 6.07) is 9.81. The van der Waals surface area contributed by atoms with Gasteiger partial charge in [0.1, 0.15) is 0 Å². The molecular weight excluding hydrogens is 274 g/mol. The molecule has 0 bridgehead atoms. The van der Waals surface area contributed by atoms with Crippen molar-refractivity contribution in [3.05, 3.63) is 63.3 Å². The van der Waals surface area contributed by atoms with Crippen LogP contribution < -0.4 is 5.32 Å². The van der Waals surface area contributed by atoms with Crippen LogP contribution in [-0.2, 0) is 6.54 Å². The maximum Gasteiger partial charge on any atom is 0.354 e. The van der Waals surface area contributed by atoms with E-state index in [0.717, 1.165) is 23.3 Å². The minimum atomic E-state index is -1.23. The van der Waals surface area contributed by atoms with Gasteiger partial charge in [-0.3, -0.25) is 10.1 Å². The van der Waals surface area contributed by atoms with Crippen LogP contribution in [0.15, 0.2) is 36.4 Å². The molecule has 0 aliphatic heterocycles. The first-order chi connectivity index (χ1) is 9.99. The van der Waals surface area contributed by atoms with Crippen molar-refractivity contribution in [2.45, 2.75) is 13.5 Å². The van der Waals surface area contributed by atoms with Crippen LogP contribution >= 0.6 is 0 Å². The fourth-order valence-corrected chi connectivity index (χ4v) is 1.84. The monoisotopic (exact) mass is 287 g/mol. The number of aromatic nitrogens is 1. The molecule has 2 rings (SSSR count). The Balaban J connectivity index is 2.29. The lowest BCUT2D eigenvalue weighted by atomic mass is 10.1. The molecule has 7 nitrogen and oxygen atoms in total. The van der Waals surface area contributed by atoms with Gasteiger partial charge in [0.15, 0.2) is 5.69 Å². The molecule has 1 aromatic carbocycles. The zero-order valence-corrected chi connectivity index (χ0v) is 11.2. The van der Waals surface area contributed by atoms with E-state index in [4.69, 9.17) is 5.11 Å². The number of aromatic carboxylic acids is 1. The van der Waals surface area contributed by atoms with Crippen molar-refractivity contribution in [2.24, 2.45) is 0 Å². The van der Waals surface area contributed by atoms with Crippen molar-refractivity contribution in [1.82, 2.24) is 4.98 Å². The molecule has 1 heterocycles. The summed E-state index contributed by atoms with van der Waals surface area (Å²) in [5.74, 6) is -1.29. The number of anilines is 1. The van der Waals surface area contributed by atoms with Crippen LogP contribution in [0.25, 0.3) is 0 Å². The van der Waals surface area contributed by atoms with E-state index >= 15 is 0 Å². The van der Waals surface area contributed by atoms with Crippen molar-refractivity contribution >= 4 is 17.5 Å². The molecule has 1 aromatic heterocycles. The van der Waals surface area contributed by atoms with Crippen molar-refractivity contribution in [1.29, 1.82) is 0 Å². The van der Waals surface area contributed by atoms with Gasteiger partial charge in [-0.25, -0.2) is 9.78 Å². The SMILES string of the molecule is Cc1ccccc1CNc1nc(C(=O)O)ccc1[N+](=O)[O-]. The van der Waals surface area contributed by atoms with Gasteiger partial charge >= 0.3 is 11.7 Å². The molecule has 0 aliphatic carbocycles. The third-order valence-corrected chi connectivity index (χ3v) is 3.00. The topological polar surface area (TPSA) is 105 Å². The second-order valence-electron chi connectivity index (χ2n) is 4.41. The van der Waals surface area contributed by atoms with Gasteiger partial charge in [-0.1, -0.05) is 24.3 Å². The highest BCUT2D eigenvalue weighted by molar-refractivity contribution is 5.86. The van der Waals surface area contributed by atoms with Crippen LogP contribution in [0.3, 0.4) is 0 Å². The van der Waals surface area contributed by atoms with Gasteiger partial charge < -0.3 is 10.4 Å². The van der Waals surface area contributed by atoms with E-state index in [-0.39, 0.29) is 17.2 Å². The smallest absolute Gasteiger partial charge is 0.354 e. The van der Waals surface area contributed by atoms with Gasteiger partial charge in [-0.05, 0) is 24.1 Å². The lowest BCUT2D eigenvalue weighted by Crippen LogP contribution is -2.09. The molecule has 0 amide bonds. The normalized spacial score (nSPS) is 10.1. The zero-order chi connectivity index (χ0) is 15.4. The number of benzene rings is 1. The molecule has 7 heteroatoms. The second kappa shape index (κ2) is 6.00. The number of hydrogen-bond donors (Lipinski definition) is 2. The maximum atomic E-state index is 11.0. The Labute approximate surface area is 120 Å². The Bertz CT molecular complexity index is 700. The van der Waals surface area contributed by atoms with Crippen LogP contribution in [0.1, 0.15) is 21.6 Å². The molecule has 0 unspecified atom stereocenters. The number of nitro groups is 1. The average molecular weight is 287 g/mol. The number of aryl methyl sites for hydroxylation is 1. The molecule has 2 N–H and O–H groups in total. The van der Waals surface area contributed by atoms with Crippen LogP contribution in [-0.4, -0.2) is 21.0 Å². The number of carbonyl (C=O) groups is 1. The van der Waals surface area contributed by atoms with Gasteiger partial charge in [0.2, 0.25) is 5.82 Å². The summed E-state index contributed by atoms with van der Waals surface area (Å²) in [5.41, 5.74) is 1.48. The van der Waals surface area contributed by atoms with Crippen molar-refractivity contribution < 1.29 is 14.8 Å². The minimum absolute atomic E-state index is 0.0526. The van der Waals surface area contributed by atoms with Gasteiger partial charge in [0, 0.05) is 12.6 Å². The largest absolute Gasteiger partial charge is 0.477 e. The predicted molar refractivity (Wildman–Crippen MR) is 76.4 cm³/mol. The van der Waals surface area contributed by atoms with Crippen molar-refractivity contribution in [3.63, 3.8) is 0 Å². The van der Waals surface area contributed by atoms with Gasteiger partial charge in [0.25, 0.3) is 0 Å². The summed E-state index contributed by atoms with van der Waals surface area (Å²) in [6.45, 7) is 2.25. The molecule has 0 fully saturated rings. The average Bonchev–Trinajstić information content (AvgIpc) is 2.46. The second-order valence-corrected chi connectivity index (χ2v) is 4.41. The number of pyridine rings is 1. The Kier molecular flexibility index (Phi) is 4.13. The van der Waals surface area contributed by atoms with E-state index in [0.29, 0.717) is 6.54 Å². The molecule has 108 valence electrons. The zero-order valence-electron chi connectivity index (χ0n) is 11.2. The van der Waals surface area contributed by atoms with Gasteiger partial charge in [0.05, 0.1) is 4.92 Å².